The third-order valence-electron chi connectivity index (χ3n) is 19.0. The highest BCUT2D eigenvalue weighted by Crippen LogP contribution is 2.58. The molecule has 0 amide bonds. The number of benzene rings is 11. The molecule has 0 spiro atoms. The number of aryl methyl sites for hydroxylation is 4. The van der Waals surface area contributed by atoms with Crippen molar-refractivity contribution in [3.05, 3.63) is 283 Å². The Morgan fingerprint density at radius 3 is 1.53 bits per heavy atom. The number of furan rings is 2. The Kier molecular flexibility index (Phi) is 11.8. The maximum atomic E-state index is 7.04. The molecule has 0 saturated heterocycles. The summed E-state index contributed by atoms with van der Waals surface area (Å²) in [5.74, 6) is 0.785. The molecule has 0 fully saturated rings. The molecule has 6 aromatic heterocycles. The van der Waals surface area contributed by atoms with E-state index in [1.807, 2.05) is 31.2 Å². The van der Waals surface area contributed by atoms with Crippen molar-refractivity contribution < 1.29 is 8.83 Å². The number of aromatic nitrogens is 2. The van der Waals surface area contributed by atoms with Crippen LogP contribution in [0.1, 0.15) is 53.0 Å². The molecule has 90 heavy (non-hydrogen) atoms. The molecule has 0 aliphatic heterocycles. The molecular formula is C84H62N4O2. The zero-order valence-electron chi connectivity index (χ0n) is 51.1. The van der Waals surface area contributed by atoms with Gasteiger partial charge in [-0.3, -0.25) is 0 Å². The van der Waals surface area contributed by atoms with Crippen molar-refractivity contribution in [2.24, 2.45) is 0 Å². The van der Waals surface area contributed by atoms with E-state index in [0.717, 1.165) is 183 Å². The van der Waals surface area contributed by atoms with Crippen LogP contribution in [0, 0.1) is 27.7 Å². The lowest BCUT2D eigenvalue weighted by molar-refractivity contribution is 0.603. The van der Waals surface area contributed by atoms with Crippen molar-refractivity contribution in [3.8, 4) is 11.1 Å². The van der Waals surface area contributed by atoms with Crippen LogP contribution in [0.3, 0.4) is 0 Å². The van der Waals surface area contributed by atoms with Crippen LogP contribution in [-0.4, -0.2) is 8.80 Å². The van der Waals surface area contributed by atoms with Gasteiger partial charge in [0.25, 0.3) is 0 Å². The summed E-state index contributed by atoms with van der Waals surface area (Å²) in [4.78, 5) is 4.96. The SMILES string of the molecule is C=C/C=C(\C=C/C)c1c2c3ccc(N(c4ccccc4C)c4c(C)ccc5c(C=C)c(/C=C\C)oc45)c4c5ccccc5n(c2c(-c2ccccc2)c2c5ccc(N(c6ccccc6C)c6c(C)ccc7c6oc6ccccc67)c6c7ccccc7n(c12)c56)c34. The van der Waals surface area contributed by atoms with Gasteiger partial charge in [0.15, 0.2) is 11.2 Å². The molecule has 0 N–H and O–H groups in total. The Labute approximate surface area is 521 Å². The predicted octanol–water partition coefficient (Wildman–Crippen LogP) is 24.3. The number of nitrogens with zero attached hydrogens (tertiary/aromatic N) is 4. The molecule has 0 atom stereocenters. The maximum Gasteiger partial charge on any atom is 0.159 e. The minimum absolute atomic E-state index is 0.785. The third-order valence-corrected chi connectivity index (χ3v) is 19.0. The molecule has 11 aromatic carbocycles. The Bertz CT molecular complexity index is 5970. The second-order valence-electron chi connectivity index (χ2n) is 24.0. The molecule has 430 valence electrons. The lowest BCUT2D eigenvalue weighted by Crippen LogP contribution is -2.13. The zero-order valence-corrected chi connectivity index (χ0v) is 51.1. The Morgan fingerprint density at radius 2 is 0.944 bits per heavy atom. The summed E-state index contributed by atoms with van der Waals surface area (Å²) in [6.45, 7) is 21.7. The fourth-order valence-electron chi connectivity index (χ4n) is 15.4. The molecule has 17 aromatic rings. The molecule has 6 nitrogen and oxygen atoms in total. The van der Waals surface area contributed by atoms with E-state index in [2.05, 4.69) is 285 Å². The van der Waals surface area contributed by atoms with Crippen LogP contribution in [0.25, 0.3) is 138 Å². The van der Waals surface area contributed by atoms with Gasteiger partial charge in [-0.25, -0.2) is 0 Å². The monoisotopic (exact) mass is 1160 g/mol. The Hall–Kier alpha value is -11.3. The fourth-order valence-corrected chi connectivity index (χ4v) is 15.4. The van der Waals surface area contributed by atoms with Crippen molar-refractivity contribution in [1.29, 1.82) is 0 Å². The van der Waals surface area contributed by atoms with Gasteiger partial charge in [-0.05, 0) is 123 Å². The zero-order chi connectivity index (χ0) is 60.8. The number of hydrogen-bond acceptors (Lipinski definition) is 4. The number of rotatable bonds is 12. The Balaban J connectivity index is 1.08. The number of anilines is 6. The lowest BCUT2D eigenvalue weighted by atomic mass is 9.88. The van der Waals surface area contributed by atoms with Gasteiger partial charge in [0.05, 0.1) is 55.8 Å². The molecule has 0 unspecified atom stereocenters. The molecule has 0 saturated carbocycles. The fraction of sp³-hybridized carbons (Fsp3) is 0.0714. The second-order valence-corrected chi connectivity index (χ2v) is 24.0. The van der Waals surface area contributed by atoms with Gasteiger partial charge >= 0.3 is 0 Å². The van der Waals surface area contributed by atoms with E-state index in [1.54, 1.807) is 0 Å². The van der Waals surface area contributed by atoms with E-state index >= 15 is 0 Å². The first-order chi connectivity index (χ1) is 44.2. The van der Waals surface area contributed by atoms with Crippen molar-refractivity contribution in [2.45, 2.75) is 41.5 Å². The average Bonchev–Trinajstić information content (AvgIpc) is 1.49. The van der Waals surface area contributed by atoms with Gasteiger partial charge in [0, 0.05) is 87.3 Å². The van der Waals surface area contributed by atoms with Crippen LogP contribution >= 0.6 is 0 Å². The first-order valence-electron chi connectivity index (χ1n) is 31.1. The summed E-state index contributed by atoms with van der Waals surface area (Å²) in [6, 6.07) is 73.5. The Morgan fingerprint density at radius 1 is 0.422 bits per heavy atom. The van der Waals surface area contributed by atoms with Gasteiger partial charge in [-0.2, -0.15) is 0 Å². The van der Waals surface area contributed by atoms with Crippen molar-refractivity contribution in [3.63, 3.8) is 0 Å². The number of para-hydroxylation sites is 5. The van der Waals surface area contributed by atoms with Crippen LogP contribution in [0.2, 0.25) is 0 Å². The smallest absolute Gasteiger partial charge is 0.159 e. The molecule has 0 bridgehead atoms. The predicted molar refractivity (Wildman–Crippen MR) is 384 cm³/mol. The number of hydrogen-bond donors (Lipinski definition) is 0. The molecule has 6 heterocycles. The van der Waals surface area contributed by atoms with E-state index < -0.39 is 0 Å². The van der Waals surface area contributed by atoms with Crippen molar-refractivity contribution in [1.82, 2.24) is 8.80 Å². The van der Waals surface area contributed by atoms with Crippen LogP contribution < -0.4 is 9.80 Å². The first-order valence-corrected chi connectivity index (χ1v) is 31.1. The number of allylic oxidation sites excluding steroid dienone is 6. The highest BCUT2D eigenvalue weighted by atomic mass is 16.3. The van der Waals surface area contributed by atoms with E-state index in [-0.39, 0.29) is 0 Å². The van der Waals surface area contributed by atoms with Gasteiger partial charge < -0.3 is 27.4 Å². The van der Waals surface area contributed by atoms with Crippen LogP contribution in [0.5, 0.6) is 0 Å². The second kappa shape index (κ2) is 20.1. The molecule has 0 aliphatic carbocycles. The minimum atomic E-state index is 0.785. The number of fused-ring (bicyclic) bond motifs is 16. The van der Waals surface area contributed by atoms with Gasteiger partial charge in [0.1, 0.15) is 11.3 Å². The largest absolute Gasteiger partial charge is 0.454 e. The van der Waals surface area contributed by atoms with E-state index in [4.69, 9.17) is 8.83 Å². The van der Waals surface area contributed by atoms with E-state index in [9.17, 15) is 0 Å². The molecule has 6 heteroatoms. The van der Waals surface area contributed by atoms with Crippen LogP contribution in [-0.2, 0) is 0 Å². The summed E-state index contributed by atoms with van der Waals surface area (Å²) in [6.07, 6.45) is 14.6. The highest BCUT2D eigenvalue weighted by Gasteiger charge is 2.35. The highest BCUT2D eigenvalue weighted by molar-refractivity contribution is 6.39. The van der Waals surface area contributed by atoms with Gasteiger partial charge in [0.2, 0.25) is 0 Å². The standard InChI is InChI=1S/C84H62N4O2/c1-9-26-53(27-10-2)71-75-61-45-47-67(85(63-36-21-16-29-49(63)5)77-51(7)41-43-57-55(12-4)69(28-11-3)89-83(57)77)73-60-35-19-24-39-66(60)88(79(61)73)82(75)72(54-31-14-13-15-32-54)76-62-46-48-68(74-59-34-18-23-38-65(59)87(80(62)74)81(71)76)86(64-37-22-17-30-50(64)6)78-52(8)42-44-58-56-33-20-25-40-70(56)90-84(58)78/h9-48H,1,4H2,2-3,5-8H3/b27-10-,28-11-,53-26+. The topological polar surface area (TPSA) is 41.6 Å². The summed E-state index contributed by atoms with van der Waals surface area (Å²) in [5.41, 5.74) is 25.6. The maximum absolute atomic E-state index is 7.04. The van der Waals surface area contributed by atoms with E-state index in [1.165, 1.54) is 16.3 Å². The minimum Gasteiger partial charge on any atom is -0.454 e. The lowest BCUT2D eigenvalue weighted by Gasteiger charge is -2.29. The third kappa shape index (κ3) is 7.21. The summed E-state index contributed by atoms with van der Waals surface area (Å²) >= 11 is 0. The molecule has 0 aliphatic rings. The van der Waals surface area contributed by atoms with Crippen molar-refractivity contribution in [2.75, 3.05) is 9.80 Å². The first kappa shape index (κ1) is 52.9. The molecule has 0 radical (unpaired) electrons. The van der Waals surface area contributed by atoms with Crippen LogP contribution in [0.15, 0.2) is 253 Å². The summed E-state index contributed by atoms with van der Waals surface area (Å²) in [7, 11) is 0. The summed E-state index contributed by atoms with van der Waals surface area (Å²) in [5, 5.41) is 12.5. The van der Waals surface area contributed by atoms with Crippen LogP contribution in [0.4, 0.5) is 34.1 Å². The van der Waals surface area contributed by atoms with Crippen molar-refractivity contribution >= 4 is 161 Å². The van der Waals surface area contributed by atoms with E-state index in [0.29, 0.717) is 0 Å². The normalized spacial score (nSPS) is 12.6. The van der Waals surface area contributed by atoms with Gasteiger partial charge in [-0.15, -0.1) is 0 Å². The summed E-state index contributed by atoms with van der Waals surface area (Å²) < 4.78 is 19.3. The molecule has 17 rings (SSSR count). The van der Waals surface area contributed by atoms with Gasteiger partial charge in [-0.1, -0.05) is 207 Å². The quantitative estimate of drug-likeness (QED) is 0.114. The average molecular weight is 1160 g/mol. The molecular weight excluding hydrogens is 1100 g/mol.